The Bertz CT molecular complexity index is 1050. The fourth-order valence-electron chi connectivity index (χ4n) is 3.39. The van der Waals surface area contributed by atoms with E-state index in [9.17, 15) is 9.00 Å². The first-order valence-corrected chi connectivity index (χ1v) is 10.3. The molecule has 0 N–H and O–H groups in total. The lowest BCUT2D eigenvalue weighted by Gasteiger charge is -2.25. The molecular weight excluding hydrogens is 342 g/mol. The summed E-state index contributed by atoms with van der Waals surface area (Å²) in [7, 11) is -2.59. The zero-order valence-corrected chi connectivity index (χ0v) is 15.1. The second-order valence-corrected chi connectivity index (χ2v) is 8.73. The van der Waals surface area contributed by atoms with Crippen LogP contribution in [0.4, 0.5) is 5.69 Å². The smallest absolute Gasteiger partial charge is 0.163 e. The number of carbonyl (C=O) groups is 1. The summed E-state index contributed by atoms with van der Waals surface area (Å²) in [5.41, 5.74) is 2.43. The normalized spacial score (nSPS) is 21.5. The van der Waals surface area contributed by atoms with E-state index in [1.54, 1.807) is 0 Å². The Morgan fingerprint density at radius 3 is 2.23 bits per heavy atom. The molecule has 1 aliphatic heterocycles. The van der Waals surface area contributed by atoms with Crippen LogP contribution in [0.25, 0.3) is 0 Å². The van der Waals surface area contributed by atoms with Crippen LogP contribution in [0.5, 0.6) is 0 Å². The van der Waals surface area contributed by atoms with Gasteiger partial charge in [-0.2, -0.15) is 4.36 Å². The molecule has 3 aromatic rings. The van der Waals surface area contributed by atoms with Crippen molar-refractivity contribution >= 4 is 21.2 Å². The molecule has 0 amide bonds. The van der Waals surface area contributed by atoms with Gasteiger partial charge < -0.3 is 0 Å². The lowest BCUT2D eigenvalue weighted by atomic mass is 9.92. The van der Waals surface area contributed by atoms with Crippen LogP contribution in [0, 0.1) is 0 Å². The van der Waals surface area contributed by atoms with Crippen molar-refractivity contribution < 1.29 is 9.00 Å². The van der Waals surface area contributed by atoms with E-state index in [-0.39, 0.29) is 11.7 Å². The highest BCUT2D eigenvalue weighted by atomic mass is 32.2. The van der Waals surface area contributed by atoms with Gasteiger partial charge in [0.1, 0.15) is 0 Å². The van der Waals surface area contributed by atoms with Crippen LogP contribution in [0.2, 0.25) is 0 Å². The standard InChI is InChI=1S/C22H19NO2S/c24-22(17-9-3-1-4-10-17)15-18-16-26(25,19-11-5-2-6-12-19)23-21-14-8-7-13-20(18)21/h1-14,18H,15-16H2/t18-,26+/m1/s1. The molecular formula is C22H19NO2S. The first-order valence-electron chi connectivity index (χ1n) is 8.63. The highest BCUT2D eigenvalue weighted by Crippen LogP contribution is 2.39. The van der Waals surface area contributed by atoms with Gasteiger partial charge in [0.05, 0.1) is 15.4 Å². The molecule has 1 aliphatic rings. The van der Waals surface area contributed by atoms with Gasteiger partial charge in [0, 0.05) is 28.6 Å². The molecule has 0 fully saturated rings. The minimum absolute atomic E-state index is 0.0714. The van der Waals surface area contributed by atoms with Gasteiger partial charge in [-0.15, -0.1) is 0 Å². The lowest BCUT2D eigenvalue weighted by Crippen LogP contribution is -2.21. The van der Waals surface area contributed by atoms with Crippen LogP contribution in [0.15, 0.2) is 94.2 Å². The van der Waals surface area contributed by atoms with E-state index in [0.717, 1.165) is 16.1 Å². The van der Waals surface area contributed by atoms with Gasteiger partial charge >= 0.3 is 0 Å². The highest BCUT2D eigenvalue weighted by Gasteiger charge is 2.29. The Morgan fingerprint density at radius 2 is 1.50 bits per heavy atom. The van der Waals surface area contributed by atoms with Gasteiger partial charge in [0.15, 0.2) is 5.78 Å². The number of hydrogen-bond donors (Lipinski definition) is 0. The third-order valence-electron chi connectivity index (χ3n) is 4.69. The Labute approximate surface area is 153 Å². The molecule has 3 nitrogen and oxygen atoms in total. The average Bonchev–Trinajstić information content (AvgIpc) is 2.69. The largest absolute Gasteiger partial charge is 0.294 e. The number of ketones is 1. The molecule has 2 atom stereocenters. The average molecular weight is 361 g/mol. The first kappa shape index (κ1) is 16.7. The maximum Gasteiger partial charge on any atom is 0.163 e. The fraction of sp³-hybridized carbons (Fsp3) is 0.136. The zero-order valence-electron chi connectivity index (χ0n) is 14.2. The number of benzene rings is 3. The third kappa shape index (κ3) is 3.20. The molecule has 26 heavy (non-hydrogen) atoms. The van der Waals surface area contributed by atoms with E-state index < -0.39 is 9.73 Å². The third-order valence-corrected chi connectivity index (χ3v) is 7.04. The molecule has 4 rings (SSSR count). The van der Waals surface area contributed by atoms with Gasteiger partial charge in [-0.25, -0.2) is 4.21 Å². The maximum absolute atomic E-state index is 13.6. The van der Waals surface area contributed by atoms with Gasteiger partial charge in [-0.3, -0.25) is 4.79 Å². The van der Waals surface area contributed by atoms with Crippen LogP contribution in [0.1, 0.15) is 28.3 Å². The van der Waals surface area contributed by atoms with Crippen LogP contribution < -0.4 is 0 Å². The van der Waals surface area contributed by atoms with Crippen molar-refractivity contribution in [1.82, 2.24) is 0 Å². The number of fused-ring (bicyclic) bond motifs is 1. The Balaban J connectivity index is 1.74. The maximum atomic E-state index is 13.6. The summed E-state index contributed by atoms with van der Waals surface area (Å²) in [6.07, 6.45) is 0.334. The molecule has 3 aromatic carbocycles. The summed E-state index contributed by atoms with van der Waals surface area (Å²) in [4.78, 5) is 13.5. The van der Waals surface area contributed by atoms with E-state index in [2.05, 4.69) is 4.36 Å². The van der Waals surface area contributed by atoms with Crippen molar-refractivity contribution in [2.45, 2.75) is 17.2 Å². The van der Waals surface area contributed by atoms with E-state index in [4.69, 9.17) is 0 Å². The van der Waals surface area contributed by atoms with Crippen molar-refractivity contribution in [2.24, 2.45) is 4.36 Å². The minimum Gasteiger partial charge on any atom is -0.294 e. The van der Waals surface area contributed by atoms with Gasteiger partial charge in [0.2, 0.25) is 0 Å². The summed E-state index contributed by atoms with van der Waals surface area (Å²) in [5, 5.41) is 0. The lowest BCUT2D eigenvalue weighted by molar-refractivity contribution is 0.0976. The quantitative estimate of drug-likeness (QED) is 0.599. The molecule has 0 unspecified atom stereocenters. The number of hydrogen-bond acceptors (Lipinski definition) is 3. The van der Waals surface area contributed by atoms with Crippen molar-refractivity contribution in [3.8, 4) is 0 Å². The summed E-state index contributed by atoms with van der Waals surface area (Å²) in [6, 6.07) is 26.4. The second kappa shape index (κ2) is 6.89. The van der Waals surface area contributed by atoms with Crippen molar-refractivity contribution in [3.05, 3.63) is 96.1 Å². The Morgan fingerprint density at radius 1 is 0.885 bits per heavy atom. The van der Waals surface area contributed by atoms with Crippen LogP contribution in [0.3, 0.4) is 0 Å². The molecule has 0 bridgehead atoms. The van der Waals surface area contributed by atoms with E-state index >= 15 is 0 Å². The monoisotopic (exact) mass is 361 g/mol. The predicted molar refractivity (Wildman–Crippen MR) is 104 cm³/mol. The van der Waals surface area contributed by atoms with E-state index in [0.29, 0.717) is 17.7 Å². The fourth-order valence-corrected chi connectivity index (χ4v) is 5.67. The molecule has 130 valence electrons. The molecule has 0 saturated heterocycles. The van der Waals surface area contributed by atoms with Gasteiger partial charge in [-0.1, -0.05) is 66.7 Å². The van der Waals surface area contributed by atoms with Crippen LogP contribution in [-0.4, -0.2) is 15.7 Å². The molecule has 4 heteroatoms. The number of rotatable bonds is 4. The van der Waals surface area contributed by atoms with E-state index in [1.807, 2.05) is 84.9 Å². The Kier molecular flexibility index (Phi) is 4.43. The second-order valence-electron chi connectivity index (χ2n) is 6.46. The predicted octanol–water partition coefficient (Wildman–Crippen LogP) is 5.22. The van der Waals surface area contributed by atoms with Crippen molar-refractivity contribution in [3.63, 3.8) is 0 Å². The van der Waals surface area contributed by atoms with E-state index in [1.165, 1.54) is 0 Å². The molecule has 0 spiro atoms. The zero-order chi connectivity index (χ0) is 18.0. The SMILES string of the molecule is O=C(C[C@@H]1C[S@](=O)(c2ccccc2)=Nc2ccccc21)c1ccccc1. The highest BCUT2D eigenvalue weighted by molar-refractivity contribution is 7.93. The van der Waals surface area contributed by atoms with Gasteiger partial charge in [0.25, 0.3) is 0 Å². The summed E-state index contributed by atoms with van der Waals surface area (Å²) in [6.45, 7) is 0. The molecule has 0 radical (unpaired) electrons. The van der Waals surface area contributed by atoms with Crippen molar-refractivity contribution in [1.29, 1.82) is 0 Å². The summed E-state index contributed by atoms with van der Waals surface area (Å²) < 4.78 is 18.2. The number of carbonyl (C=O) groups excluding carboxylic acids is 1. The summed E-state index contributed by atoms with van der Waals surface area (Å²) in [5.74, 6) is 0.332. The number of nitrogens with zero attached hydrogens (tertiary/aromatic N) is 1. The molecule has 1 heterocycles. The van der Waals surface area contributed by atoms with Crippen molar-refractivity contribution in [2.75, 3.05) is 5.75 Å². The van der Waals surface area contributed by atoms with Crippen LogP contribution in [-0.2, 0) is 9.73 Å². The Hall–Kier alpha value is -2.72. The molecule has 0 aromatic heterocycles. The summed E-state index contributed by atoms with van der Waals surface area (Å²) >= 11 is 0. The van der Waals surface area contributed by atoms with Gasteiger partial charge in [-0.05, 0) is 23.8 Å². The van der Waals surface area contributed by atoms with Crippen LogP contribution >= 0.6 is 0 Å². The first-order chi connectivity index (χ1) is 12.7. The minimum atomic E-state index is -2.59. The number of Topliss-reactive ketones (excluding diaryl/α,β-unsaturated/α-hetero) is 1. The molecule has 0 saturated carbocycles. The molecule has 0 aliphatic carbocycles. The topological polar surface area (TPSA) is 46.5 Å².